The molecule has 0 radical (unpaired) electrons. The smallest absolute Gasteiger partial charge is 0.326 e. The van der Waals surface area contributed by atoms with Crippen LogP contribution in [0, 0.1) is 0 Å². The average Bonchev–Trinajstić information content (AvgIpc) is 3.72. The van der Waals surface area contributed by atoms with Gasteiger partial charge in [0.15, 0.2) is 0 Å². The number of carbonyl (C=O) groups excluding carboxylic acids is 3. The quantitative estimate of drug-likeness (QED) is 0.146. The van der Waals surface area contributed by atoms with Crippen LogP contribution in [0.25, 0.3) is 10.9 Å². The summed E-state index contributed by atoms with van der Waals surface area (Å²) in [6.45, 7) is 0.234. The molecule has 14 heteroatoms. The highest BCUT2D eigenvalue weighted by Gasteiger charge is 2.39. The molecule has 1 saturated heterocycles. The predicted octanol–water partition coefficient (Wildman–Crippen LogP) is -0.0865. The number of amides is 3. The monoisotopic (exact) mass is 567 g/mol. The van der Waals surface area contributed by atoms with Crippen LogP contribution in [0.4, 0.5) is 0 Å². The summed E-state index contributed by atoms with van der Waals surface area (Å²) >= 11 is 0. The number of aliphatic carboxylic acids is 2. The van der Waals surface area contributed by atoms with Crippen molar-refractivity contribution in [1.29, 1.82) is 0 Å². The van der Waals surface area contributed by atoms with E-state index in [1.807, 2.05) is 24.3 Å². The summed E-state index contributed by atoms with van der Waals surface area (Å²) in [5.74, 6) is -4.16. The van der Waals surface area contributed by atoms with E-state index in [9.17, 15) is 29.1 Å². The molecule has 3 aromatic rings. The molecule has 14 nitrogen and oxygen atoms in total. The van der Waals surface area contributed by atoms with Gasteiger partial charge in [-0.2, -0.15) is 0 Å². The summed E-state index contributed by atoms with van der Waals surface area (Å²) in [5, 5.41) is 24.8. The number of carboxylic acid groups (broad SMARTS) is 2. The fraction of sp³-hybridized carbons (Fsp3) is 0.407. The molecule has 41 heavy (non-hydrogen) atoms. The normalized spacial score (nSPS) is 17.1. The Kier molecular flexibility index (Phi) is 9.34. The molecule has 2 aromatic heterocycles. The number of imidazole rings is 1. The van der Waals surface area contributed by atoms with E-state index in [-0.39, 0.29) is 32.2 Å². The molecule has 1 aromatic carbocycles. The number of aromatic nitrogens is 3. The Bertz CT molecular complexity index is 1400. The lowest BCUT2D eigenvalue weighted by molar-refractivity contribution is -0.145. The van der Waals surface area contributed by atoms with Crippen LogP contribution in [0.5, 0.6) is 0 Å². The number of para-hydroxylation sites is 1. The van der Waals surface area contributed by atoms with Crippen LogP contribution in [0.3, 0.4) is 0 Å². The Morgan fingerprint density at radius 1 is 1.07 bits per heavy atom. The van der Waals surface area contributed by atoms with Gasteiger partial charge in [0.1, 0.15) is 18.1 Å². The second kappa shape index (κ2) is 13.1. The number of H-pyrrole nitrogens is 2. The maximum absolute atomic E-state index is 13.7. The minimum Gasteiger partial charge on any atom is -0.481 e. The Hall–Kier alpha value is -4.72. The van der Waals surface area contributed by atoms with Gasteiger partial charge in [0, 0.05) is 54.8 Å². The Balaban J connectivity index is 1.47. The Morgan fingerprint density at radius 3 is 2.56 bits per heavy atom. The zero-order valence-corrected chi connectivity index (χ0v) is 22.2. The molecule has 4 atom stereocenters. The first kappa shape index (κ1) is 29.3. The van der Waals surface area contributed by atoms with Crippen LogP contribution >= 0.6 is 0 Å². The molecule has 4 unspecified atom stereocenters. The molecule has 3 amide bonds. The first-order valence-electron chi connectivity index (χ1n) is 13.3. The molecule has 0 aliphatic carbocycles. The van der Waals surface area contributed by atoms with Crippen molar-refractivity contribution >= 4 is 40.6 Å². The van der Waals surface area contributed by atoms with Gasteiger partial charge in [0.25, 0.3) is 0 Å². The van der Waals surface area contributed by atoms with Gasteiger partial charge in [-0.05, 0) is 30.9 Å². The molecule has 218 valence electrons. The van der Waals surface area contributed by atoms with Crippen molar-refractivity contribution in [1.82, 2.24) is 30.5 Å². The summed E-state index contributed by atoms with van der Waals surface area (Å²) in [7, 11) is 0. The van der Waals surface area contributed by atoms with Crippen molar-refractivity contribution in [2.24, 2.45) is 5.73 Å². The fourth-order valence-electron chi connectivity index (χ4n) is 5.00. The van der Waals surface area contributed by atoms with Crippen LogP contribution in [0.15, 0.2) is 43.0 Å². The number of aromatic amines is 2. The van der Waals surface area contributed by atoms with Crippen LogP contribution in [-0.2, 0) is 36.8 Å². The minimum absolute atomic E-state index is 0.0272. The maximum Gasteiger partial charge on any atom is 0.326 e. The first-order chi connectivity index (χ1) is 19.6. The largest absolute Gasteiger partial charge is 0.481 e. The molecular formula is C27H33N7O7. The fourth-order valence-corrected chi connectivity index (χ4v) is 5.00. The SMILES string of the molecule is NC(CCC(=O)O)C(=O)NC(Cc1cnc[nH]1)C(=O)N1CCCC1C(=O)NC(Cc1c[nH]c2ccccc12)C(=O)O. The van der Waals surface area contributed by atoms with Gasteiger partial charge in [-0.15, -0.1) is 0 Å². The Labute approximate surface area is 234 Å². The standard InChI is InChI=1S/C27H33N7O7/c28-18(7-8-23(35)36)24(37)32-20(11-16-13-29-14-31-16)26(39)34-9-3-6-22(34)25(38)33-21(27(40)41)10-15-12-30-19-5-2-1-4-17(15)19/h1-2,4-5,12-14,18,20-22,30H,3,6-11,28H2,(H,29,31)(H,32,37)(H,33,38)(H,35,36)(H,40,41). The zero-order valence-electron chi connectivity index (χ0n) is 22.2. The lowest BCUT2D eigenvalue weighted by Gasteiger charge is -2.30. The predicted molar refractivity (Wildman–Crippen MR) is 145 cm³/mol. The Morgan fingerprint density at radius 2 is 1.85 bits per heavy atom. The van der Waals surface area contributed by atoms with Gasteiger partial charge in [0.2, 0.25) is 17.7 Å². The molecule has 4 rings (SSSR count). The molecule has 8 N–H and O–H groups in total. The number of nitrogens with one attached hydrogen (secondary N) is 4. The highest BCUT2D eigenvalue weighted by atomic mass is 16.4. The summed E-state index contributed by atoms with van der Waals surface area (Å²) in [5.41, 5.74) is 7.97. The lowest BCUT2D eigenvalue weighted by atomic mass is 10.0. The molecule has 0 spiro atoms. The summed E-state index contributed by atoms with van der Waals surface area (Å²) < 4.78 is 0. The van der Waals surface area contributed by atoms with Gasteiger partial charge in [-0.1, -0.05) is 18.2 Å². The highest BCUT2D eigenvalue weighted by molar-refractivity contribution is 5.95. The van der Waals surface area contributed by atoms with E-state index in [1.165, 1.54) is 17.4 Å². The van der Waals surface area contributed by atoms with E-state index in [0.717, 1.165) is 16.5 Å². The first-order valence-corrected chi connectivity index (χ1v) is 13.3. The van der Waals surface area contributed by atoms with E-state index in [0.29, 0.717) is 18.5 Å². The number of rotatable bonds is 13. The van der Waals surface area contributed by atoms with E-state index < -0.39 is 53.8 Å². The average molecular weight is 568 g/mol. The molecule has 3 heterocycles. The van der Waals surface area contributed by atoms with Crippen LogP contribution in [0.2, 0.25) is 0 Å². The molecule has 0 bridgehead atoms. The van der Waals surface area contributed by atoms with Gasteiger partial charge >= 0.3 is 11.9 Å². The topological polar surface area (TPSA) is 224 Å². The van der Waals surface area contributed by atoms with Crippen LogP contribution in [0.1, 0.15) is 36.9 Å². The summed E-state index contributed by atoms with van der Waals surface area (Å²) in [4.78, 5) is 73.9. The minimum atomic E-state index is -1.23. The van der Waals surface area contributed by atoms with E-state index in [2.05, 4.69) is 25.6 Å². The van der Waals surface area contributed by atoms with Gasteiger partial charge in [0.05, 0.1) is 12.4 Å². The van der Waals surface area contributed by atoms with E-state index in [1.54, 1.807) is 6.20 Å². The molecule has 1 aliphatic heterocycles. The number of hydrogen-bond donors (Lipinski definition) is 7. The van der Waals surface area contributed by atoms with Crippen molar-refractivity contribution < 1.29 is 34.2 Å². The highest BCUT2D eigenvalue weighted by Crippen LogP contribution is 2.22. The molecule has 1 aliphatic rings. The number of likely N-dealkylation sites (tertiary alicyclic amines) is 1. The van der Waals surface area contributed by atoms with Gasteiger partial charge in [-0.25, -0.2) is 9.78 Å². The van der Waals surface area contributed by atoms with E-state index >= 15 is 0 Å². The second-order valence-electron chi connectivity index (χ2n) is 10.0. The number of benzene rings is 1. The van der Waals surface area contributed by atoms with Gasteiger partial charge in [-0.3, -0.25) is 19.2 Å². The zero-order chi connectivity index (χ0) is 29.5. The number of fused-ring (bicyclic) bond motifs is 1. The molecule has 0 saturated carbocycles. The number of carbonyl (C=O) groups is 5. The van der Waals surface area contributed by atoms with E-state index in [4.69, 9.17) is 10.8 Å². The molecular weight excluding hydrogens is 534 g/mol. The van der Waals surface area contributed by atoms with Crippen LogP contribution in [-0.4, -0.2) is 90.4 Å². The van der Waals surface area contributed by atoms with Gasteiger partial charge < -0.3 is 41.4 Å². The van der Waals surface area contributed by atoms with Crippen molar-refractivity contribution in [3.8, 4) is 0 Å². The van der Waals surface area contributed by atoms with Crippen LogP contribution < -0.4 is 16.4 Å². The second-order valence-corrected chi connectivity index (χ2v) is 10.0. The maximum atomic E-state index is 13.7. The lowest BCUT2D eigenvalue weighted by Crippen LogP contribution is -2.57. The third-order valence-corrected chi connectivity index (χ3v) is 7.15. The van der Waals surface area contributed by atoms with Crippen molar-refractivity contribution in [2.45, 2.75) is 62.7 Å². The number of nitrogens with two attached hydrogens (primary N) is 1. The number of carboxylic acids is 2. The summed E-state index contributed by atoms with van der Waals surface area (Å²) in [6, 6.07) is 2.99. The third kappa shape index (κ3) is 7.28. The van der Waals surface area contributed by atoms with Crippen molar-refractivity contribution in [2.75, 3.05) is 6.54 Å². The van der Waals surface area contributed by atoms with Crippen molar-refractivity contribution in [3.05, 3.63) is 54.2 Å². The number of hydrogen-bond acceptors (Lipinski definition) is 7. The number of nitrogens with zero attached hydrogens (tertiary/aromatic N) is 2. The molecule has 1 fully saturated rings. The third-order valence-electron chi connectivity index (χ3n) is 7.15. The summed E-state index contributed by atoms with van der Waals surface area (Å²) in [6.07, 6.45) is 5.09. The van der Waals surface area contributed by atoms with Crippen molar-refractivity contribution in [3.63, 3.8) is 0 Å².